The maximum absolute atomic E-state index is 11.4. The number of aromatic amines is 1. The highest BCUT2D eigenvalue weighted by molar-refractivity contribution is 5.94. The second kappa shape index (κ2) is 5.20. The first-order valence-corrected chi connectivity index (χ1v) is 6.46. The van der Waals surface area contributed by atoms with E-state index in [0.717, 1.165) is 16.7 Å². The van der Waals surface area contributed by atoms with Gasteiger partial charge in [0.25, 0.3) is 0 Å². The second-order valence-electron chi connectivity index (χ2n) is 4.72. The van der Waals surface area contributed by atoms with E-state index in [-0.39, 0.29) is 5.69 Å². The molecule has 0 spiro atoms. The van der Waals surface area contributed by atoms with Gasteiger partial charge in [0.1, 0.15) is 5.82 Å². The molecule has 5 nitrogen and oxygen atoms in total. The predicted octanol–water partition coefficient (Wildman–Crippen LogP) is 3.15. The van der Waals surface area contributed by atoms with Gasteiger partial charge in [-0.15, -0.1) is 0 Å². The molecular formula is C16H13N3O2. The number of carboxylic acid groups (broad SMARTS) is 1. The Labute approximate surface area is 121 Å². The lowest BCUT2D eigenvalue weighted by Crippen LogP contribution is -1.99. The van der Waals surface area contributed by atoms with Crippen molar-refractivity contribution in [3.05, 3.63) is 60.0 Å². The van der Waals surface area contributed by atoms with Crippen LogP contribution in [0.5, 0.6) is 0 Å². The number of benzene rings is 1. The number of imidazole rings is 1. The second-order valence-corrected chi connectivity index (χ2v) is 4.72. The number of aromatic carboxylic acids is 1. The van der Waals surface area contributed by atoms with Gasteiger partial charge in [-0.2, -0.15) is 0 Å². The maximum atomic E-state index is 11.4. The molecule has 3 rings (SSSR count). The highest BCUT2D eigenvalue weighted by atomic mass is 16.4. The summed E-state index contributed by atoms with van der Waals surface area (Å²) in [5.74, 6) is -0.518. The van der Waals surface area contributed by atoms with E-state index < -0.39 is 5.97 Å². The molecule has 2 heterocycles. The molecule has 0 aliphatic heterocycles. The smallest absolute Gasteiger partial charge is 0.356 e. The lowest BCUT2D eigenvalue weighted by atomic mass is 10.1. The Hall–Kier alpha value is -2.95. The quantitative estimate of drug-likeness (QED) is 0.772. The van der Waals surface area contributed by atoms with Crippen molar-refractivity contribution in [2.75, 3.05) is 0 Å². The average molecular weight is 279 g/mol. The number of pyridine rings is 1. The molecule has 0 aliphatic rings. The van der Waals surface area contributed by atoms with Crippen LogP contribution in [-0.2, 0) is 0 Å². The number of aromatic nitrogens is 3. The summed E-state index contributed by atoms with van der Waals surface area (Å²) in [5, 5.41) is 9.33. The largest absolute Gasteiger partial charge is 0.476 e. The minimum absolute atomic E-state index is 0.0109. The number of hydrogen-bond donors (Lipinski definition) is 2. The highest BCUT2D eigenvalue weighted by Gasteiger charge is 2.18. The van der Waals surface area contributed by atoms with Gasteiger partial charge in [-0.3, -0.25) is 4.98 Å². The van der Waals surface area contributed by atoms with Gasteiger partial charge in [0, 0.05) is 23.5 Å². The van der Waals surface area contributed by atoms with Crippen molar-refractivity contribution in [2.24, 2.45) is 0 Å². The zero-order chi connectivity index (χ0) is 14.8. The van der Waals surface area contributed by atoms with Crippen LogP contribution in [0.4, 0.5) is 0 Å². The summed E-state index contributed by atoms with van der Waals surface area (Å²) in [7, 11) is 0. The van der Waals surface area contributed by atoms with E-state index in [0.29, 0.717) is 11.5 Å². The van der Waals surface area contributed by atoms with Crippen molar-refractivity contribution >= 4 is 5.97 Å². The van der Waals surface area contributed by atoms with Crippen molar-refractivity contribution in [3.63, 3.8) is 0 Å². The van der Waals surface area contributed by atoms with E-state index >= 15 is 0 Å². The Morgan fingerprint density at radius 3 is 2.33 bits per heavy atom. The zero-order valence-electron chi connectivity index (χ0n) is 11.4. The van der Waals surface area contributed by atoms with E-state index in [2.05, 4.69) is 15.0 Å². The van der Waals surface area contributed by atoms with E-state index in [1.807, 2.05) is 31.2 Å². The first-order chi connectivity index (χ1) is 10.1. The fraction of sp³-hybridized carbons (Fsp3) is 0.0625. The number of H-pyrrole nitrogens is 1. The lowest BCUT2D eigenvalue weighted by Gasteiger charge is -1.99. The van der Waals surface area contributed by atoms with Crippen molar-refractivity contribution in [1.29, 1.82) is 0 Å². The fourth-order valence-corrected chi connectivity index (χ4v) is 2.10. The summed E-state index contributed by atoms with van der Waals surface area (Å²) < 4.78 is 0. The molecule has 104 valence electrons. The summed E-state index contributed by atoms with van der Waals surface area (Å²) in [6.07, 6.45) is 3.24. The number of nitrogens with zero attached hydrogens (tertiary/aromatic N) is 2. The minimum atomic E-state index is -1.06. The lowest BCUT2D eigenvalue weighted by molar-refractivity contribution is 0.0692. The van der Waals surface area contributed by atoms with Crippen molar-refractivity contribution in [1.82, 2.24) is 15.0 Å². The van der Waals surface area contributed by atoms with Gasteiger partial charge in [-0.05, 0) is 19.1 Å². The Balaban J connectivity index is 2.13. The molecule has 2 aromatic heterocycles. The third kappa shape index (κ3) is 2.53. The molecule has 0 saturated heterocycles. The standard InChI is InChI=1S/C16H13N3O2/c1-10-2-4-12(5-3-10)15-18-13(14(19-15)16(20)21)11-6-8-17-9-7-11/h2-9H,1H3,(H,18,19)(H,20,21). The van der Waals surface area contributed by atoms with Crippen LogP contribution < -0.4 is 0 Å². The third-order valence-electron chi connectivity index (χ3n) is 3.20. The van der Waals surface area contributed by atoms with Crippen molar-refractivity contribution in [2.45, 2.75) is 6.92 Å². The molecule has 1 aromatic carbocycles. The molecule has 0 radical (unpaired) electrons. The number of hydrogen-bond acceptors (Lipinski definition) is 3. The third-order valence-corrected chi connectivity index (χ3v) is 3.20. The van der Waals surface area contributed by atoms with Crippen LogP contribution >= 0.6 is 0 Å². The molecule has 21 heavy (non-hydrogen) atoms. The first kappa shape index (κ1) is 13.1. The monoisotopic (exact) mass is 279 g/mol. The fourth-order valence-electron chi connectivity index (χ4n) is 2.10. The van der Waals surface area contributed by atoms with Crippen LogP contribution in [0.15, 0.2) is 48.8 Å². The highest BCUT2D eigenvalue weighted by Crippen LogP contribution is 2.25. The molecule has 0 unspecified atom stereocenters. The van der Waals surface area contributed by atoms with Gasteiger partial charge < -0.3 is 10.1 Å². The van der Waals surface area contributed by atoms with Crippen LogP contribution in [0.3, 0.4) is 0 Å². The van der Waals surface area contributed by atoms with Crippen LogP contribution in [0.1, 0.15) is 16.1 Å². The van der Waals surface area contributed by atoms with Gasteiger partial charge in [0.2, 0.25) is 0 Å². The summed E-state index contributed by atoms with van der Waals surface area (Å²) in [6.45, 7) is 2.00. The Kier molecular flexibility index (Phi) is 3.23. The van der Waals surface area contributed by atoms with Crippen LogP contribution in [0, 0.1) is 6.92 Å². The summed E-state index contributed by atoms with van der Waals surface area (Å²) in [4.78, 5) is 22.6. The molecule has 2 N–H and O–H groups in total. The van der Waals surface area contributed by atoms with E-state index in [1.54, 1.807) is 24.5 Å². The topological polar surface area (TPSA) is 78.9 Å². The Morgan fingerprint density at radius 2 is 1.71 bits per heavy atom. The van der Waals surface area contributed by atoms with Crippen LogP contribution in [0.2, 0.25) is 0 Å². The Morgan fingerprint density at radius 1 is 1.05 bits per heavy atom. The number of carboxylic acids is 1. The first-order valence-electron chi connectivity index (χ1n) is 6.46. The zero-order valence-corrected chi connectivity index (χ0v) is 11.4. The normalized spacial score (nSPS) is 10.5. The Bertz CT molecular complexity index is 777. The summed E-state index contributed by atoms with van der Waals surface area (Å²) in [5.41, 5.74) is 3.23. The number of carbonyl (C=O) groups is 1. The van der Waals surface area contributed by atoms with Crippen molar-refractivity contribution < 1.29 is 9.90 Å². The van der Waals surface area contributed by atoms with E-state index in [1.165, 1.54) is 0 Å². The average Bonchev–Trinajstić information content (AvgIpc) is 2.94. The molecule has 0 fully saturated rings. The molecule has 0 bridgehead atoms. The van der Waals surface area contributed by atoms with Gasteiger partial charge in [-0.1, -0.05) is 29.8 Å². The molecule has 0 saturated carbocycles. The number of nitrogens with one attached hydrogen (secondary N) is 1. The number of aryl methyl sites for hydroxylation is 1. The van der Waals surface area contributed by atoms with Gasteiger partial charge in [-0.25, -0.2) is 9.78 Å². The minimum Gasteiger partial charge on any atom is -0.476 e. The SMILES string of the molecule is Cc1ccc(-c2nc(C(=O)O)c(-c3ccncc3)[nH]2)cc1. The van der Waals surface area contributed by atoms with Crippen LogP contribution in [0.25, 0.3) is 22.6 Å². The van der Waals surface area contributed by atoms with Crippen molar-refractivity contribution in [3.8, 4) is 22.6 Å². The van der Waals surface area contributed by atoms with Crippen LogP contribution in [-0.4, -0.2) is 26.0 Å². The molecule has 3 aromatic rings. The number of rotatable bonds is 3. The summed E-state index contributed by atoms with van der Waals surface area (Å²) >= 11 is 0. The van der Waals surface area contributed by atoms with E-state index in [4.69, 9.17) is 0 Å². The molecular weight excluding hydrogens is 266 g/mol. The maximum Gasteiger partial charge on any atom is 0.356 e. The molecule has 0 amide bonds. The molecule has 0 atom stereocenters. The predicted molar refractivity (Wildman–Crippen MR) is 79.0 cm³/mol. The van der Waals surface area contributed by atoms with E-state index in [9.17, 15) is 9.90 Å². The van der Waals surface area contributed by atoms with Gasteiger partial charge in [0.05, 0.1) is 5.69 Å². The molecule has 5 heteroatoms. The van der Waals surface area contributed by atoms with Gasteiger partial charge in [0.15, 0.2) is 5.69 Å². The molecule has 0 aliphatic carbocycles. The summed E-state index contributed by atoms with van der Waals surface area (Å²) in [6, 6.07) is 11.2. The van der Waals surface area contributed by atoms with Gasteiger partial charge >= 0.3 is 5.97 Å².